The number of Topliss-reactive ketones (excluding diaryl/α,β-unsaturated/α-hetero) is 1. The van der Waals surface area contributed by atoms with Gasteiger partial charge in [-0.05, 0) is 97.7 Å². The molecule has 2 nitrogen and oxygen atoms in total. The number of ether oxygens (including phenoxy) is 1. The summed E-state index contributed by atoms with van der Waals surface area (Å²) in [4.78, 5) is 12.8. The van der Waals surface area contributed by atoms with Crippen LogP contribution in [-0.4, -0.2) is 11.4 Å². The molecule has 3 rings (SSSR count). The zero-order valence-electron chi connectivity index (χ0n) is 19.7. The number of rotatable bonds is 6. The lowest BCUT2D eigenvalue weighted by atomic mass is 9.85. The molecule has 0 saturated heterocycles. The van der Waals surface area contributed by atoms with Crippen LogP contribution in [0.1, 0.15) is 64.3 Å². The highest BCUT2D eigenvalue weighted by Gasteiger charge is 2.29. The van der Waals surface area contributed by atoms with Crippen LogP contribution in [0.5, 0.6) is 0 Å². The van der Waals surface area contributed by atoms with E-state index in [2.05, 4.69) is 45.0 Å². The maximum Gasteiger partial charge on any atom is 0.163 e. The van der Waals surface area contributed by atoms with E-state index in [1.54, 1.807) is 6.92 Å². The van der Waals surface area contributed by atoms with Gasteiger partial charge in [0.25, 0.3) is 0 Å². The summed E-state index contributed by atoms with van der Waals surface area (Å²) >= 11 is 6.19. The summed E-state index contributed by atoms with van der Waals surface area (Å²) in [5.74, 6) is 0.571. The number of benzene rings is 3. The second-order valence-corrected chi connectivity index (χ2v) is 10.3. The minimum absolute atomic E-state index is 0.00548. The summed E-state index contributed by atoms with van der Waals surface area (Å²) in [6, 6.07) is 16.7. The maximum atomic E-state index is 12.8. The van der Waals surface area contributed by atoms with Crippen LogP contribution in [0.2, 0.25) is 5.02 Å². The Morgan fingerprint density at radius 3 is 2.23 bits per heavy atom. The van der Waals surface area contributed by atoms with E-state index in [4.69, 9.17) is 16.3 Å². The third kappa shape index (κ3) is 5.56. The van der Waals surface area contributed by atoms with Crippen molar-refractivity contribution in [2.45, 2.75) is 66.6 Å². The van der Waals surface area contributed by atoms with Crippen LogP contribution >= 0.6 is 11.6 Å². The van der Waals surface area contributed by atoms with Gasteiger partial charge in [0.15, 0.2) is 5.78 Å². The fourth-order valence-electron chi connectivity index (χ4n) is 4.16. The first-order valence-electron chi connectivity index (χ1n) is 11.0. The summed E-state index contributed by atoms with van der Waals surface area (Å²) in [7, 11) is 0. The van der Waals surface area contributed by atoms with E-state index >= 15 is 0 Å². The Morgan fingerprint density at radius 2 is 1.68 bits per heavy atom. The molecule has 0 N–H and O–H groups in total. The summed E-state index contributed by atoms with van der Waals surface area (Å²) in [5, 5.41) is 3.00. The molecule has 1 unspecified atom stereocenters. The van der Waals surface area contributed by atoms with Gasteiger partial charge in [0.1, 0.15) is 6.10 Å². The third-order valence-electron chi connectivity index (χ3n) is 5.33. The molecule has 0 aliphatic rings. The Bertz CT molecular complexity index is 1090. The molecule has 1 atom stereocenters. The van der Waals surface area contributed by atoms with Crippen LogP contribution in [0.15, 0.2) is 48.5 Å². The van der Waals surface area contributed by atoms with E-state index in [0.717, 1.165) is 39.4 Å². The van der Waals surface area contributed by atoms with Crippen molar-refractivity contribution >= 4 is 28.2 Å². The van der Waals surface area contributed by atoms with Gasteiger partial charge in [0, 0.05) is 5.02 Å². The molecular weight excluding hydrogens is 404 g/mol. The first-order chi connectivity index (χ1) is 14.5. The van der Waals surface area contributed by atoms with Gasteiger partial charge in [0.2, 0.25) is 0 Å². The molecule has 0 saturated carbocycles. The second kappa shape index (κ2) is 9.14. The number of aryl methyl sites for hydroxylation is 1. The van der Waals surface area contributed by atoms with Crippen molar-refractivity contribution in [3.8, 4) is 11.1 Å². The summed E-state index contributed by atoms with van der Waals surface area (Å²) in [6.07, 6.45) is 0.372. The minimum atomic E-state index is -0.635. The number of carbonyl (C=O) groups is 1. The number of hydrogen-bond acceptors (Lipinski definition) is 2. The van der Waals surface area contributed by atoms with Crippen molar-refractivity contribution in [2.75, 3.05) is 0 Å². The SMILES string of the molecule is CC(=O)C(OC(C)(C)C)c1c(C)cc2ccc(CC(C)C)cc2c1-c1ccc(Cl)cc1. The van der Waals surface area contributed by atoms with Crippen LogP contribution in [0, 0.1) is 12.8 Å². The molecule has 0 aromatic heterocycles. The average molecular weight is 437 g/mol. The largest absolute Gasteiger partial charge is 0.360 e. The molecule has 0 fully saturated rings. The smallest absolute Gasteiger partial charge is 0.163 e. The Balaban J connectivity index is 2.38. The highest BCUT2D eigenvalue weighted by atomic mass is 35.5. The van der Waals surface area contributed by atoms with E-state index < -0.39 is 11.7 Å². The van der Waals surface area contributed by atoms with Crippen LogP contribution in [0.25, 0.3) is 21.9 Å². The first-order valence-corrected chi connectivity index (χ1v) is 11.3. The Hall–Kier alpha value is -2.16. The topological polar surface area (TPSA) is 26.3 Å². The van der Waals surface area contributed by atoms with Crippen molar-refractivity contribution in [3.63, 3.8) is 0 Å². The molecule has 3 aromatic carbocycles. The summed E-state index contributed by atoms with van der Waals surface area (Å²) in [5.41, 5.74) is 4.94. The molecule has 164 valence electrons. The monoisotopic (exact) mass is 436 g/mol. The number of halogens is 1. The van der Waals surface area contributed by atoms with Crippen LogP contribution in [0.3, 0.4) is 0 Å². The molecule has 0 bridgehead atoms. The lowest BCUT2D eigenvalue weighted by molar-refractivity contribution is -0.138. The van der Waals surface area contributed by atoms with Gasteiger partial charge >= 0.3 is 0 Å². The molecule has 3 aromatic rings. The van der Waals surface area contributed by atoms with Crippen molar-refractivity contribution in [2.24, 2.45) is 5.92 Å². The van der Waals surface area contributed by atoms with Crippen molar-refractivity contribution in [3.05, 3.63) is 70.2 Å². The molecule has 0 spiro atoms. The number of carbonyl (C=O) groups excluding carboxylic acids is 1. The number of hydrogen-bond donors (Lipinski definition) is 0. The second-order valence-electron chi connectivity index (χ2n) is 9.86. The lowest BCUT2D eigenvalue weighted by Crippen LogP contribution is -2.27. The van der Waals surface area contributed by atoms with Crippen LogP contribution in [-0.2, 0) is 16.0 Å². The highest BCUT2D eigenvalue weighted by Crippen LogP contribution is 2.41. The molecule has 3 heteroatoms. The predicted octanol–water partition coefficient (Wildman–Crippen LogP) is 8.11. The molecule has 0 radical (unpaired) electrons. The molecular formula is C28H33ClO2. The minimum Gasteiger partial charge on any atom is -0.360 e. The zero-order valence-corrected chi connectivity index (χ0v) is 20.4. The molecule has 31 heavy (non-hydrogen) atoms. The van der Waals surface area contributed by atoms with Crippen molar-refractivity contribution < 1.29 is 9.53 Å². The van der Waals surface area contributed by atoms with Crippen LogP contribution < -0.4 is 0 Å². The zero-order chi connectivity index (χ0) is 22.9. The van der Waals surface area contributed by atoms with E-state index in [0.29, 0.717) is 10.9 Å². The summed E-state index contributed by atoms with van der Waals surface area (Å²) in [6.45, 7) is 14.1. The Morgan fingerprint density at radius 1 is 1.03 bits per heavy atom. The quantitative estimate of drug-likeness (QED) is 0.390. The van der Waals surface area contributed by atoms with Crippen LogP contribution in [0.4, 0.5) is 0 Å². The van der Waals surface area contributed by atoms with Gasteiger partial charge in [0.05, 0.1) is 5.60 Å². The predicted molar refractivity (Wildman–Crippen MR) is 132 cm³/mol. The Kier molecular flexibility index (Phi) is 6.93. The Labute approximate surface area is 191 Å². The number of ketones is 1. The van der Waals surface area contributed by atoms with Crippen molar-refractivity contribution in [1.29, 1.82) is 0 Å². The molecule has 0 heterocycles. The van der Waals surface area contributed by atoms with E-state index in [1.807, 2.05) is 45.0 Å². The molecule has 0 aliphatic heterocycles. The fraction of sp³-hybridized carbons (Fsp3) is 0.393. The van der Waals surface area contributed by atoms with Gasteiger partial charge in [-0.2, -0.15) is 0 Å². The number of fused-ring (bicyclic) bond motifs is 1. The average Bonchev–Trinajstić information content (AvgIpc) is 2.65. The first kappa shape index (κ1) is 23.5. The third-order valence-corrected chi connectivity index (χ3v) is 5.58. The van der Waals surface area contributed by atoms with Gasteiger partial charge in [-0.25, -0.2) is 0 Å². The lowest BCUT2D eigenvalue weighted by Gasteiger charge is -2.29. The maximum absolute atomic E-state index is 12.8. The normalized spacial score (nSPS) is 13.1. The van der Waals surface area contributed by atoms with Gasteiger partial charge < -0.3 is 4.74 Å². The van der Waals surface area contributed by atoms with Gasteiger partial charge in [-0.1, -0.05) is 61.8 Å². The summed E-state index contributed by atoms with van der Waals surface area (Å²) < 4.78 is 6.32. The molecule has 0 amide bonds. The van der Waals surface area contributed by atoms with Gasteiger partial charge in [-0.3, -0.25) is 4.79 Å². The van der Waals surface area contributed by atoms with E-state index in [-0.39, 0.29) is 5.78 Å². The fourth-order valence-corrected chi connectivity index (χ4v) is 4.29. The van der Waals surface area contributed by atoms with E-state index in [9.17, 15) is 4.79 Å². The van der Waals surface area contributed by atoms with Gasteiger partial charge in [-0.15, -0.1) is 0 Å². The molecule has 0 aliphatic carbocycles. The highest BCUT2D eigenvalue weighted by molar-refractivity contribution is 6.30. The van der Waals surface area contributed by atoms with E-state index in [1.165, 1.54) is 5.56 Å². The van der Waals surface area contributed by atoms with Crippen molar-refractivity contribution in [1.82, 2.24) is 0 Å². The standard InChI is InChI=1S/C28H33ClO2/c1-17(2)14-20-8-9-22-15-18(3)25(27(19(4)30)31-28(5,6)7)26(24(22)16-20)21-10-12-23(29)13-11-21/h8-13,15-17,27H,14H2,1-7H3.